The van der Waals surface area contributed by atoms with Crippen LogP contribution in [0.3, 0.4) is 0 Å². The molecule has 0 N–H and O–H groups in total. The van der Waals surface area contributed by atoms with Crippen LogP contribution in [0.2, 0.25) is 0 Å². The predicted molar refractivity (Wildman–Crippen MR) is 57.8 cm³/mol. The van der Waals surface area contributed by atoms with Gasteiger partial charge < -0.3 is 4.74 Å². The van der Waals surface area contributed by atoms with Crippen molar-refractivity contribution < 1.29 is 9.53 Å². The lowest BCUT2D eigenvalue weighted by molar-refractivity contribution is 0.0606. The minimum atomic E-state index is -0.348. The number of rotatable bonds is 4. The number of ether oxygens (including phenoxy) is 1. The van der Waals surface area contributed by atoms with E-state index >= 15 is 0 Å². The first-order valence-electron chi connectivity index (χ1n) is 4.04. The van der Waals surface area contributed by atoms with Crippen LogP contribution in [0, 0.1) is 0 Å². The van der Waals surface area contributed by atoms with Crippen molar-refractivity contribution in [1.82, 2.24) is 4.98 Å². The predicted octanol–water partition coefficient (Wildman–Crippen LogP) is 2.57. The van der Waals surface area contributed by atoms with Crippen LogP contribution in [0.1, 0.15) is 21.1 Å². The fourth-order valence-electron chi connectivity index (χ4n) is 0.807. The number of allylic oxidation sites excluding steroid dienone is 1. The molecule has 3 nitrogen and oxygen atoms in total. The molecule has 0 unspecified atom stereocenters. The van der Waals surface area contributed by atoms with Gasteiger partial charge in [0.2, 0.25) is 0 Å². The number of nitrogens with zero attached hydrogens (tertiary/aromatic N) is 1. The first-order valence-corrected chi connectivity index (χ1v) is 5.39. The molecular formula is C9H10ClNO2S. The molecule has 0 aliphatic heterocycles. The molecule has 76 valence electrons. The first-order chi connectivity index (χ1) is 6.77. The summed E-state index contributed by atoms with van der Waals surface area (Å²) in [5.41, 5.74) is 0. The van der Waals surface area contributed by atoms with Crippen molar-refractivity contribution in [1.29, 1.82) is 0 Å². The number of carbonyl (C=O) groups is 1. The molecule has 0 aromatic carbocycles. The number of hydrogen-bond donors (Lipinski definition) is 0. The van der Waals surface area contributed by atoms with Crippen LogP contribution in [-0.4, -0.2) is 23.9 Å². The Morgan fingerprint density at radius 2 is 2.57 bits per heavy atom. The molecule has 1 aromatic rings. The average Bonchev–Trinajstić information content (AvgIpc) is 2.66. The van der Waals surface area contributed by atoms with E-state index in [-0.39, 0.29) is 5.97 Å². The monoisotopic (exact) mass is 231 g/mol. The molecule has 0 saturated carbocycles. The van der Waals surface area contributed by atoms with Gasteiger partial charge in [-0.1, -0.05) is 6.08 Å². The Hall–Kier alpha value is -0.870. The molecular weight excluding hydrogens is 222 g/mol. The Bertz CT molecular complexity index is 335. The van der Waals surface area contributed by atoms with Gasteiger partial charge in [0.25, 0.3) is 0 Å². The van der Waals surface area contributed by atoms with Crippen molar-refractivity contribution in [3.05, 3.63) is 22.2 Å². The van der Waals surface area contributed by atoms with E-state index in [4.69, 9.17) is 11.6 Å². The third kappa shape index (κ3) is 3.12. The Labute approximate surface area is 91.4 Å². The van der Waals surface area contributed by atoms with Gasteiger partial charge in [0.05, 0.1) is 13.3 Å². The lowest BCUT2D eigenvalue weighted by Gasteiger charge is -1.90. The maximum Gasteiger partial charge on any atom is 0.349 e. The van der Waals surface area contributed by atoms with Gasteiger partial charge in [-0.2, -0.15) is 0 Å². The third-order valence-corrected chi connectivity index (χ3v) is 2.61. The Balaban J connectivity index is 2.63. The summed E-state index contributed by atoms with van der Waals surface area (Å²) in [6, 6.07) is 0. The fourth-order valence-corrected chi connectivity index (χ4v) is 1.70. The fraction of sp³-hybridized carbons (Fsp3) is 0.333. The highest BCUT2D eigenvalue weighted by molar-refractivity contribution is 7.14. The summed E-state index contributed by atoms with van der Waals surface area (Å²) >= 11 is 6.80. The number of carbonyl (C=O) groups excluding carboxylic acids is 1. The number of alkyl halides is 1. The lowest BCUT2D eigenvalue weighted by Crippen LogP contribution is -1.96. The molecule has 0 aliphatic carbocycles. The van der Waals surface area contributed by atoms with Crippen molar-refractivity contribution in [3.8, 4) is 0 Å². The topological polar surface area (TPSA) is 39.2 Å². The lowest BCUT2D eigenvalue weighted by atomic mass is 10.4. The summed E-state index contributed by atoms with van der Waals surface area (Å²) in [5.74, 6) is 0.241. The van der Waals surface area contributed by atoms with Crippen molar-refractivity contribution in [3.63, 3.8) is 0 Å². The molecule has 0 amide bonds. The van der Waals surface area contributed by atoms with Gasteiger partial charge >= 0.3 is 5.97 Å². The van der Waals surface area contributed by atoms with Gasteiger partial charge in [-0.05, 0) is 12.5 Å². The van der Waals surface area contributed by atoms with E-state index in [1.807, 2.05) is 12.2 Å². The van der Waals surface area contributed by atoms with Crippen LogP contribution >= 0.6 is 22.9 Å². The van der Waals surface area contributed by atoms with E-state index < -0.39 is 0 Å². The number of halogens is 1. The van der Waals surface area contributed by atoms with E-state index in [1.54, 1.807) is 0 Å². The number of esters is 1. The number of thiazole rings is 1. The van der Waals surface area contributed by atoms with E-state index in [9.17, 15) is 4.79 Å². The minimum Gasteiger partial charge on any atom is -0.465 e. The highest BCUT2D eigenvalue weighted by Gasteiger charge is 2.08. The summed E-state index contributed by atoms with van der Waals surface area (Å²) in [7, 11) is 1.35. The second-order valence-electron chi connectivity index (χ2n) is 2.43. The van der Waals surface area contributed by atoms with Gasteiger partial charge in [-0.15, -0.1) is 22.9 Å². The van der Waals surface area contributed by atoms with Crippen LogP contribution in [-0.2, 0) is 4.74 Å². The normalized spacial score (nSPS) is 10.7. The maximum absolute atomic E-state index is 11.1. The van der Waals surface area contributed by atoms with E-state index in [2.05, 4.69) is 9.72 Å². The summed E-state index contributed by atoms with van der Waals surface area (Å²) in [5, 5.41) is 0.788. The molecule has 1 rings (SSSR count). The van der Waals surface area contributed by atoms with Crippen LogP contribution in [0.25, 0.3) is 6.08 Å². The zero-order chi connectivity index (χ0) is 10.4. The molecule has 0 radical (unpaired) electrons. The van der Waals surface area contributed by atoms with Crippen LogP contribution in [0.15, 0.2) is 12.3 Å². The summed E-state index contributed by atoms with van der Waals surface area (Å²) in [6.45, 7) is 0. The van der Waals surface area contributed by atoms with E-state index in [0.29, 0.717) is 10.8 Å². The zero-order valence-electron chi connectivity index (χ0n) is 7.70. The highest BCUT2D eigenvalue weighted by atomic mass is 35.5. The van der Waals surface area contributed by atoms with Gasteiger partial charge in [-0.25, -0.2) is 9.78 Å². The smallest absolute Gasteiger partial charge is 0.349 e. The average molecular weight is 232 g/mol. The first kappa shape index (κ1) is 11.2. The molecule has 0 spiro atoms. The van der Waals surface area contributed by atoms with Gasteiger partial charge in [0.1, 0.15) is 9.88 Å². The second-order valence-corrected chi connectivity index (χ2v) is 3.87. The van der Waals surface area contributed by atoms with Crippen molar-refractivity contribution in [2.45, 2.75) is 6.42 Å². The Morgan fingerprint density at radius 3 is 3.21 bits per heavy atom. The third-order valence-electron chi connectivity index (χ3n) is 1.45. The molecule has 14 heavy (non-hydrogen) atoms. The van der Waals surface area contributed by atoms with Gasteiger partial charge in [-0.3, -0.25) is 0 Å². The quantitative estimate of drug-likeness (QED) is 0.591. The number of methoxy groups -OCH3 is 1. The van der Waals surface area contributed by atoms with Crippen molar-refractivity contribution in [2.24, 2.45) is 0 Å². The summed E-state index contributed by atoms with van der Waals surface area (Å²) < 4.78 is 4.56. The van der Waals surface area contributed by atoms with Crippen molar-refractivity contribution in [2.75, 3.05) is 13.0 Å². The molecule has 0 atom stereocenters. The minimum absolute atomic E-state index is 0.348. The molecule has 5 heteroatoms. The number of hydrogen-bond acceptors (Lipinski definition) is 4. The molecule has 1 aromatic heterocycles. The Morgan fingerprint density at radius 1 is 1.79 bits per heavy atom. The van der Waals surface area contributed by atoms with E-state index in [1.165, 1.54) is 24.6 Å². The molecule has 0 bridgehead atoms. The molecule has 1 heterocycles. The highest BCUT2D eigenvalue weighted by Crippen LogP contribution is 2.15. The van der Waals surface area contributed by atoms with Crippen LogP contribution in [0.4, 0.5) is 0 Å². The van der Waals surface area contributed by atoms with Crippen molar-refractivity contribution >= 4 is 35.0 Å². The van der Waals surface area contributed by atoms with Crippen LogP contribution in [0.5, 0.6) is 0 Å². The molecule has 0 aliphatic rings. The summed E-state index contributed by atoms with van der Waals surface area (Å²) in [6.07, 6.45) is 6.08. The summed E-state index contributed by atoms with van der Waals surface area (Å²) in [4.78, 5) is 15.6. The van der Waals surface area contributed by atoms with Gasteiger partial charge in [0.15, 0.2) is 0 Å². The van der Waals surface area contributed by atoms with Crippen LogP contribution < -0.4 is 0 Å². The number of aromatic nitrogens is 1. The van der Waals surface area contributed by atoms with Gasteiger partial charge in [0, 0.05) is 5.88 Å². The zero-order valence-corrected chi connectivity index (χ0v) is 9.27. The maximum atomic E-state index is 11.1. The SMILES string of the molecule is COC(=O)c1cnc(C=CCCCl)s1. The largest absolute Gasteiger partial charge is 0.465 e. The van der Waals surface area contributed by atoms with E-state index in [0.717, 1.165) is 11.4 Å². The second kappa shape index (κ2) is 5.78. The Kier molecular flexibility index (Phi) is 4.62. The molecule has 0 fully saturated rings. The molecule has 0 saturated heterocycles. The standard InChI is InChI=1S/C9H10ClNO2S/c1-13-9(12)7-6-11-8(14-7)4-2-3-5-10/h2,4,6H,3,5H2,1H3.